The van der Waals surface area contributed by atoms with Gasteiger partial charge in [0.1, 0.15) is 0 Å². The average molecular weight is 431 g/mol. The molecule has 6 rings (SSSR count). The van der Waals surface area contributed by atoms with Crippen LogP contribution in [0.5, 0.6) is 0 Å². The van der Waals surface area contributed by atoms with Crippen LogP contribution < -0.4 is 0 Å². The molecule has 31 heavy (non-hydrogen) atoms. The Kier molecular flexibility index (Phi) is 4.64. The van der Waals surface area contributed by atoms with E-state index in [1.54, 1.807) is 0 Å². The molecule has 5 fully saturated rings. The summed E-state index contributed by atoms with van der Waals surface area (Å²) in [5, 5.41) is 21.4. The molecule has 2 heterocycles. The molecule has 2 N–H and O–H groups in total. The minimum absolute atomic E-state index is 0.155. The molecule has 2 saturated heterocycles. The molecule has 0 aromatic heterocycles. The summed E-state index contributed by atoms with van der Waals surface area (Å²) in [5.41, 5.74) is 1.48. The lowest BCUT2D eigenvalue weighted by Gasteiger charge is -2.59. The van der Waals surface area contributed by atoms with Gasteiger partial charge in [-0.3, -0.25) is 0 Å². The van der Waals surface area contributed by atoms with Crippen molar-refractivity contribution in [2.24, 2.45) is 46.3 Å². The second kappa shape index (κ2) is 6.81. The first-order valence-electron chi connectivity index (χ1n) is 13.1. The zero-order valence-electron chi connectivity index (χ0n) is 19.8. The van der Waals surface area contributed by atoms with E-state index in [2.05, 4.69) is 33.8 Å². The molecule has 174 valence electrons. The molecular weight excluding hydrogens is 388 g/mol. The van der Waals surface area contributed by atoms with Crippen LogP contribution in [0.4, 0.5) is 0 Å². The van der Waals surface area contributed by atoms with Gasteiger partial charge in [-0.2, -0.15) is 0 Å². The SMILES string of the molecule is C[C@@H]1CC[C@@]2(OC1)O[C@H]1C[C@H]3[C@@H]4CC=C5C[C@@H](O)C[C@@H](O)[C@]5(C)[C@@H]4CC[C@]3(C)[C@H]1[C@@H]2C. The molecule has 12 atom stereocenters. The van der Waals surface area contributed by atoms with Crippen LogP contribution in [0.15, 0.2) is 11.6 Å². The summed E-state index contributed by atoms with van der Waals surface area (Å²) in [4.78, 5) is 0. The van der Waals surface area contributed by atoms with E-state index >= 15 is 0 Å². The maximum absolute atomic E-state index is 11.1. The van der Waals surface area contributed by atoms with Gasteiger partial charge in [-0.25, -0.2) is 0 Å². The van der Waals surface area contributed by atoms with Crippen molar-refractivity contribution in [1.29, 1.82) is 0 Å². The number of aliphatic hydroxyl groups excluding tert-OH is 2. The summed E-state index contributed by atoms with van der Waals surface area (Å²) in [6, 6.07) is 0. The van der Waals surface area contributed by atoms with E-state index in [0.717, 1.165) is 32.3 Å². The molecule has 0 unspecified atom stereocenters. The number of aliphatic hydroxyl groups is 2. The Balaban J connectivity index is 1.29. The van der Waals surface area contributed by atoms with Gasteiger partial charge in [0.25, 0.3) is 0 Å². The molecule has 0 bridgehead atoms. The fraction of sp³-hybridized carbons (Fsp3) is 0.926. The number of hydrogen-bond acceptors (Lipinski definition) is 4. The highest BCUT2D eigenvalue weighted by Crippen LogP contribution is 2.70. The number of hydrogen-bond donors (Lipinski definition) is 2. The molecule has 3 saturated carbocycles. The van der Waals surface area contributed by atoms with E-state index < -0.39 is 6.10 Å². The minimum Gasteiger partial charge on any atom is -0.393 e. The predicted octanol–water partition coefficient (Wildman–Crippen LogP) is 4.68. The van der Waals surface area contributed by atoms with Gasteiger partial charge in [0.2, 0.25) is 0 Å². The van der Waals surface area contributed by atoms with Crippen LogP contribution in [-0.2, 0) is 9.47 Å². The van der Waals surface area contributed by atoms with Crippen LogP contribution in [0.3, 0.4) is 0 Å². The van der Waals surface area contributed by atoms with Crippen LogP contribution in [0.1, 0.15) is 79.1 Å². The maximum atomic E-state index is 11.1. The summed E-state index contributed by atoms with van der Waals surface area (Å²) in [6.45, 7) is 10.4. The molecule has 2 aliphatic heterocycles. The summed E-state index contributed by atoms with van der Waals surface area (Å²) in [6.07, 6.45) is 10.2. The second-order valence-corrected chi connectivity index (χ2v) is 12.8. The van der Waals surface area contributed by atoms with Gasteiger partial charge in [-0.1, -0.05) is 39.3 Å². The quantitative estimate of drug-likeness (QED) is 0.548. The number of rotatable bonds is 0. The fourth-order valence-electron chi connectivity index (χ4n) is 9.72. The Labute approximate surface area is 187 Å². The topological polar surface area (TPSA) is 58.9 Å². The van der Waals surface area contributed by atoms with Crippen LogP contribution >= 0.6 is 0 Å². The lowest BCUT2D eigenvalue weighted by molar-refractivity contribution is -0.272. The molecule has 0 amide bonds. The Morgan fingerprint density at radius 2 is 1.84 bits per heavy atom. The molecule has 4 nitrogen and oxygen atoms in total. The maximum Gasteiger partial charge on any atom is 0.171 e. The number of fused-ring (bicyclic) bond motifs is 7. The Morgan fingerprint density at radius 3 is 2.58 bits per heavy atom. The predicted molar refractivity (Wildman–Crippen MR) is 119 cm³/mol. The van der Waals surface area contributed by atoms with E-state index in [-0.39, 0.29) is 17.3 Å². The third-order valence-electron chi connectivity index (χ3n) is 11.4. The first-order chi connectivity index (χ1) is 14.7. The average Bonchev–Trinajstić information content (AvgIpc) is 3.16. The minimum atomic E-state index is -0.420. The lowest BCUT2D eigenvalue weighted by Crippen LogP contribution is -2.56. The van der Waals surface area contributed by atoms with Gasteiger partial charge in [-0.05, 0) is 73.5 Å². The molecule has 0 radical (unpaired) electrons. The van der Waals surface area contributed by atoms with Gasteiger partial charge in [0, 0.05) is 24.2 Å². The molecule has 4 heteroatoms. The largest absolute Gasteiger partial charge is 0.393 e. The van der Waals surface area contributed by atoms with Gasteiger partial charge < -0.3 is 19.7 Å². The Bertz CT molecular complexity index is 769. The van der Waals surface area contributed by atoms with Crippen molar-refractivity contribution < 1.29 is 19.7 Å². The van der Waals surface area contributed by atoms with Crippen LogP contribution in [0.2, 0.25) is 0 Å². The highest BCUT2D eigenvalue weighted by atomic mass is 16.7. The Morgan fingerprint density at radius 1 is 1.03 bits per heavy atom. The molecule has 4 aliphatic carbocycles. The summed E-state index contributed by atoms with van der Waals surface area (Å²) in [5.74, 6) is 3.17. The molecule has 0 aromatic carbocycles. The van der Waals surface area contributed by atoms with E-state index in [4.69, 9.17) is 9.47 Å². The van der Waals surface area contributed by atoms with Gasteiger partial charge in [0.15, 0.2) is 5.79 Å². The highest BCUT2D eigenvalue weighted by molar-refractivity contribution is 5.28. The lowest BCUT2D eigenvalue weighted by atomic mass is 9.46. The fourth-order valence-corrected chi connectivity index (χ4v) is 9.72. The number of allylic oxidation sites excluding steroid dienone is 1. The van der Waals surface area contributed by atoms with Crippen molar-refractivity contribution in [2.75, 3.05) is 6.61 Å². The van der Waals surface area contributed by atoms with Crippen LogP contribution in [0.25, 0.3) is 0 Å². The second-order valence-electron chi connectivity index (χ2n) is 12.8. The zero-order chi connectivity index (χ0) is 21.8. The van der Waals surface area contributed by atoms with Crippen molar-refractivity contribution in [2.45, 2.75) is 103 Å². The van der Waals surface area contributed by atoms with Crippen molar-refractivity contribution in [3.8, 4) is 0 Å². The molecule has 1 spiro atoms. The van der Waals surface area contributed by atoms with Gasteiger partial charge >= 0.3 is 0 Å². The summed E-state index contributed by atoms with van der Waals surface area (Å²) in [7, 11) is 0. The molecule has 6 aliphatic rings. The van der Waals surface area contributed by atoms with Crippen molar-refractivity contribution in [3.05, 3.63) is 11.6 Å². The normalized spacial score (nSPS) is 60.7. The van der Waals surface area contributed by atoms with Gasteiger partial charge in [0.05, 0.1) is 24.9 Å². The summed E-state index contributed by atoms with van der Waals surface area (Å²) < 4.78 is 13.3. The van der Waals surface area contributed by atoms with E-state index in [1.165, 1.54) is 24.8 Å². The smallest absolute Gasteiger partial charge is 0.171 e. The van der Waals surface area contributed by atoms with Crippen LogP contribution in [-0.4, -0.2) is 40.9 Å². The third kappa shape index (κ3) is 2.68. The summed E-state index contributed by atoms with van der Waals surface area (Å²) >= 11 is 0. The van der Waals surface area contributed by atoms with Crippen molar-refractivity contribution >= 4 is 0 Å². The highest BCUT2D eigenvalue weighted by Gasteiger charge is 2.69. The number of ether oxygens (including phenoxy) is 2. The van der Waals surface area contributed by atoms with Crippen molar-refractivity contribution in [1.82, 2.24) is 0 Å². The monoisotopic (exact) mass is 430 g/mol. The van der Waals surface area contributed by atoms with E-state index in [1.807, 2.05) is 0 Å². The Hall–Kier alpha value is -0.420. The molecular formula is C27H42O4. The van der Waals surface area contributed by atoms with Crippen molar-refractivity contribution in [3.63, 3.8) is 0 Å². The zero-order valence-corrected chi connectivity index (χ0v) is 19.8. The standard InChI is InChI=1S/C27H42O4/c1-15-7-10-27(30-14-15)16(2)24-22(31-27)13-21-19-6-5-17-11-18(28)12-23(29)26(17,4)20(19)8-9-25(21,24)3/h5,15-16,18-24,28-29H,6-14H2,1-4H3/t15-,16+,18-,19-,20-,21+,22+,23-,24+,25+,26+,27-/m1/s1. The third-order valence-corrected chi connectivity index (χ3v) is 11.4. The first-order valence-corrected chi connectivity index (χ1v) is 13.1. The van der Waals surface area contributed by atoms with E-state index in [9.17, 15) is 10.2 Å². The van der Waals surface area contributed by atoms with Crippen LogP contribution in [0, 0.1) is 46.3 Å². The molecule has 0 aromatic rings. The first kappa shape index (κ1) is 21.1. The van der Waals surface area contributed by atoms with Gasteiger partial charge in [-0.15, -0.1) is 0 Å². The van der Waals surface area contributed by atoms with E-state index in [0.29, 0.717) is 53.4 Å².